The average molecular weight is 522 g/mol. The maximum absolute atomic E-state index is 12.5. The lowest BCUT2D eigenvalue weighted by atomic mass is 10.2. The van der Waals surface area contributed by atoms with Gasteiger partial charge in [-0.1, -0.05) is 29.3 Å². The van der Waals surface area contributed by atoms with Gasteiger partial charge in [-0.05, 0) is 30.3 Å². The first-order chi connectivity index (χ1) is 16.5. The van der Waals surface area contributed by atoms with Crippen molar-refractivity contribution in [3.8, 4) is 11.5 Å². The summed E-state index contributed by atoms with van der Waals surface area (Å²) in [5.74, 6) is -1.43. The number of rotatable bonds is 8. The Kier molecular flexibility index (Phi) is 7.88. The molecule has 1 aromatic heterocycles. The van der Waals surface area contributed by atoms with Crippen LogP contribution in [-0.4, -0.2) is 34.6 Å². The smallest absolute Gasteiger partial charge is 0.338 e. The fraction of sp³-hybridized carbons (Fsp3) is 0.217. The predicted octanol–water partition coefficient (Wildman–Crippen LogP) is 2.60. The highest BCUT2D eigenvalue weighted by Crippen LogP contribution is 2.30. The number of hydrogen-bond donors (Lipinski definition) is 1. The Morgan fingerprint density at radius 3 is 2.37 bits per heavy atom. The van der Waals surface area contributed by atoms with Gasteiger partial charge in [-0.25, -0.2) is 9.59 Å². The molecule has 35 heavy (non-hydrogen) atoms. The van der Waals surface area contributed by atoms with Gasteiger partial charge in [0, 0.05) is 29.7 Å². The van der Waals surface area contributed by atoms with Crippen LogP contribution >= 0.6 is 23.2 Å². The fourth-order valence-electron chi connectivity index (χ4n) is 3.12. The van der Waals surface area contributed by atoms with Crippen LogP contribution in [0.15, 0.2) is 46.0 Å². The van der Waals surface area contributed by atoms with Gasteiger partial charge in [0.25, 0.3) is 5.56 Å². The highest BCUT2D eigenvalue weighted by atomic mass is 35.5. The monoisotopic (exact) mass is 521 g/mol. The lowest BCUT2D eigenvalue weighted by molar-refractivity contribution is 0.0474. The van der Waals surface area contributed by atoms with E-state index in [1.165, 1.54) is 39.4 Å². The van der Waals surface area contributed by atoms with Gasteiger partial charge in [-0.2, -0.15) is 0 Å². The number of nitrogen functional groups attached to an aromatic ring is 1. The lowest BCUT2D eigenvalue weighted by Crippen LogP contribution is -2.42. The van der Waals surface area contributed by atoms with Crippen molar-refractivity contribution in [3.05, 3.63) is 84.0 Å². The van der Waals surface area contributed by atoms with Crippen molar-refractivity contribution >= 4 is 40.8 Å². The van der Waals surface area contributed by atoms with E-state index >= 15 is 0 Å². The second kappa shape index (κ2) is 10.7. The van der Waals surface area contributed by atoms with Gasteiger partial charge in [-0.15, -0.1) is 0 Å². The third-order valence-corrected chi connectivity index (χ3v) is 5.71. The molecule has 2 N–H and O–H groups in total. The lowest BCUT2D eigenvalue weighted by Gasteiger charge is -2.13. The number of aromatic nitrogens is 2. The number of benzene rings is 2. The third-order valence-electron chi connectivity index (χ3n) is 5.12. The number of ketones is 1. The summed E-state index contributed by atoms with van der Waals surface area (Å²) >= 11 is 12.1. The molecule has 0 atom stereocenters. The number of hydrogen-bond acceptors (Lipinski definition) is 8. The predicted molar refractivity (Wildman–Crippen MR) is 130 cm³/mol. The molecule has 3 rings (SSSR count). The number of methoxy groups -OCH3 is 1. The molecule has 0 saturated carbocycles. The SMILES string of the molecule is COc1cc(C(=O)OCC(=O)c2c(N)n(C)c(=O)n(C)c2=O)ccc1OCc1ccc(Cl)cc1Cl. The summed E-state index contributed by atoms with van der Waals surface area (Å²) in [6, 6.07) is 9.31. The summed E-state index contributed by atoms with van der Waals surface area (Å²) in [4.78, 5) is 49.2. The van der Waals surface area contributed by atoms with Crippen LogP contribution in [0.4, 0.5) is 5.82 Å². The molecule has 0 aliphatic carbocycles. The van der Waals surface area contributed by atoms with Crippen molar-refractivity contribution in [1.82, 2.24) is 9.13 Å². The standard InChI is InChI=1S/C23H21Cl2N3O7/c1-27-20(26)19(21(30)28(2)23(27)32)16(29)11-35-22(31)12-5-7-17(18(8-12)33-3)34-10-13-4-6-14(24)9-15(13)25/h4-9H,10-11,26H2,1-3H3. The highest BCUT2D eigenvalue weighted by Gasteiger charge is 2.22. The Labute approximate surface area is 209 Å². The molecular formula is C23H21Cl2N3O7. The summed E-state index contributed by atoms with van der Waals surface area (Å²) in [7, 11) is 3.93. The maximum Gasteiger partial charge on any atom is 0.338 e. The van der Waals surface area contributed by atoms with E-state index in [0.717, 1.165) is 9.13 Å². The molecule has 0 spiro atoms. The van der Waals surface area contributed by atoms with E-state index in [0.29, 0.717) is 21.4 Å². The van der Waals surface area contributed by atoms with Gasteiger partial charge in [0.2, 0.25) is 5.78 Å². The molecular weight excluding hydrogens is 501 g/mol. The highest BCUT2D eigenvalue weighted by molar-refractivity contribution is 6.35. The molecule has 3 aromatic rings. The largest absolute Gasteiger partial charge is 0.493 e. The van der Waals surface area contributed by atoms with E-state index in [9.17, 15) is 19.2 Å². The van der Waals surface area contributed by atoms with Crippen LogP contribution in [0.2, 0.25) is 10.0 Å². The molecule has 10 nitrogen and oxygen atoms in total. The van der Waals surface area contributed by atoms with E-state index in [-0.39, 0.29) is 23.7 Å². The zero-order valence-corrected chi connectivity index (χ0v) is 20.5. The van der Waals surface area contributed by atoms with Crippen molar-refractivity contribution in [2.45, 2.75) is 6.61 Å². The number of carbonyl (C=O) groups excluding carboxylic acids is 2. The summed E-state index contributed by atoms with van der Waals surface area (Å²) in [6.07, 6.45) is 0. The molecule has 0 radical (unpaired) electrons. The van der Waals surface area contributed by atoms with Crippen LogP contribution in [0.25, 0.3) is 0 Å². The van der Waals surface area contributed by atoms with Gasteiger partial charge in [0.15, 0.2) is 18.1 Å². The minimum Gasteiger partial charge on any atom is -0.493 e. The fourth-order valence-corrected chi connectivity index (χ4v) is 3.58. The van der Waals surface area contributed by atoms with E-state index in [2.05, 4.69) is 0 Å². The van der Waals surface area contributed by atoms with Crippen molar-refractivity contribution in [1.29, 1.82) is 0 Å². The zero-order valence-electron chi connectivity index (χ0n) is 19.0. The quantitative estimate of drug-likeness (QED) is 0.353. The van der Waals surface area contributed by atoms with E-state index in [4.69, 9.17) is 43.1 Å². The Balaban J connectivity index is 1.72. The summed E-state index contributed by atoms with van der Waals surface area (Å²) < 4.78 is 17.8. The first-order valence-electron chi connectivity index (χ1n) is 10.1. The summed E-state index contributed by atoms with van der Waals surface area (Å²) in [5, 5.41) is 0.937. The molecule has 0 bridgehead atoms. The van der Waals surface area contributed by atoms with Crippen molar-refractivity contribution in [2.75, 3.05) is 19.5 Å². The average Bonchev–Trinajstić information content (AvgIpc) is 2.84. The molecule has 1 heterocycles. The number of Topliss-reactive ketones (excluding diaryl/α,β-unsaturated/α-hetero) is 1. The number of carbonyl (C=O) groups is 2. The number of nitrogens with zero attached hydrogens (tertiary/aromatic N) is 2. The number of halogens is 2. The Morgan fingerprint density at radius 1 is 1.00 bits per heavy atom. The number of nitrogens with two attached hydrogens (primary N) is 1. The molecule has 12 heteroatoms. The molecule has 0 saturated heterocycles. The topological polar surface area (TPSA) is 132 Å². The van der Waals surface area contributed by atoms with Crippen LogP contribution in [0.1, 0.15) is 26.3 Å². The number of esters is 1. The number of anilines is 1. The molecule has 0 fully saturated rings. The minimum atomic E-state index is -0.879. The van der Waals surface area contributed by atoms with Crippen LogP contribution in [0.3, 0.4) is 0 Å². The zero-order chi connectivity index (χ0) is 25.9. The molecule has 2 aromatic carbocycles. The summed E-state index contributed by atoms with van der Waals surface area (Å²) in [5.41, 5.74) is 4.53. The van der Waals surface area contributed by atoms with E-state index < -0.39 is 35.2 Å². The van der Waals surface area contributed by atoms with E-state index in [1.807, 2.05) is 0 Å². The Morgan fingerprint density at radius 2 is 1.71 bits per heavy atom. The first kappa shape index (κ1) is 25.9. The summed E-state index contributed by atoms with van der Waals surface area (Å²) in [6.45, 7) is -0.632. The van der Waals surface area contributed by atoms with Gasteiger partial charge in [0.05, 0.1) is 12.7 Å². The van der Waals surface area contributed by atoms with Crippen LogP contribution in [-0.2, 0) is 25.4 Å². The number of ether oxygens (including phenoxy) is 3. The van der Waals surface area contributed by atoms with Crippen molar-refractivity contribution in [2.24, 2.45) is 14.1 Å². The molecule has 0 aliphatic heterocycles. The maximum atomic E-state index is 12.5. The van der Waals surface area contributed by atoms with Crippen molar-refractivity contribution in [3.63, 3.8) is 0 Å². The Hall–Kier alpha value is -3.76. The van der Waals surface area contributed by atoms with Crippen molar-refractivity contribution < 1.29 is 23.8 Å². The minimum absolute atomic E-state index is 0.0767. The molecule has 0 unspecified atom stereocenters. The molecule has 0 amide bonds. The second-order valence-electron chi connectivity index (χ2n) is 7.36. The van der Waals surface area contributed by atoms with Crippen LogP contribution in [0.5, 0.6) is 11.5 Å². The third kappa shape index (κ3) is 5.50. The van der Waals surface area contributed by atoms with Gasteiger partial charge in [0.1, 0.15) is 18.0 Å². The molecule has 0 aliphatic rings. The normalized spacial score (nSPS) is 10.7. The van der Waals surface area contributed by atoms with Crippen LogP contribution in [0, 0.1) is 0 Å². The van der Waals surface area contributed by atoms with Gasteiger partial charge < -0.3 is 19.9 Å². The van der Waals surface area contributed by atoms with E-state index in [1.54, 1.807) is 18.2 Å². The van der Waals surface area contributed by atoms with Gasteiger partial charge >= 0.3 is 11.7 Å². The van der Waals surface area contributed by atoms with Crippen LogP contribution < -0.4 is 26.5 Å². The van der Waals surface area contributed by atoms with Gasteiger partial charge in [-0.3, -0.25) is 18.7 Å². The Bertz CT molecular complexity index is 1430. The molecule has 184 valence electrons. The second-order valence-corrected chi connectivity index (χ2v) is 8.20. The first-order valence-corrected chi connectivity index (χ1v) is 10.8.